The maximum atomic E-state index is 12.0. The highest BCUT2D eigenvalue weighted by Gasteiger charge is 2.15. The summed E-state index contributed by atoms with van der Waals surface area (Å²) < 4.78 is 52.4. The zero-order valence-corrected chi connectivity index (χ0v) is 16.2. The van der Waals surface area contributed by atoms with Crippen LogP contribution in [0.15, 0.2) is 36.4 Å². The summed E-state index contributed by atoms with van der Waals surface area (Å²) in [5.41, 5.74) is 0.492. The molecular formula is C16H20N2O8S2. The van der Waals surface area contributed by atoms with Gasteiger partial charge in [0.25, 0.3) is 0 Å². The topological polar surface area (TPSA) is 173 Å². The van der Waals surface area contributed by atoms with Gasteiger partial charge in [-0.15, -0.1) is 0 Å². The Bertz CT molecular complexity index is 967. The Labute approximate surface area is 162 Å². The molecule has 6 N–H and O–H groups in total. The number of phenols is 4. The molecule has 0 unspecified atom stereocenters. The van der Waals surface area contributed by atoms with E-state index in [2.05, 4.69) is 9.44 Å². The van der Waals surface area contributed by atoms with Crippen molar-refractivity contribution in [3.63, 3.8) is 0 Å². The first-order chi connectivity index (χ1) is 13.0. The molecule has 12 heteroatoms. The fraction of sp³-hybridized carbons (Fsp3) is 0.250. The lowest BCUT2D eigenvalue weighted by Crippen LogP contribution is -2.35. The molecule has 0 bridgehead atoms. The Morgan fingerprint density at radius 1 is 0.607 bits per heavy atom. The molecule has 2 aromatic carbocycles. The number of sulfonamides is 2. The van der Waals surface area contributed by atoms with Crippen LogP contribution in [0.2, 0.25) is 0 Å². The predicted molar refractivity (Wildman–Crippen MR) is 101 cm³/mol. The average molecular weight is 432 g/mol. The third-order valence-electron chi connectivity index (χ3n) is 3.56. The minimum absolute atomic E-state index is 0.202. The maximum Gasteiger partial charge on any atom is 0.215 e. The van der Waals surface area contributed by atoms with E-state index in [1.807, 2.05) is 0 Å². The Morgan fingerprint density at radius 2 is 0.964 bits per heavy atom. The van der Waals surface area contributed by atoms with E-state index < -0.39 is 43.1 Å². The second-order valence-corrected chi connectivity index (χ2v) is 9.57. The molecule has 0 amide bonds. The molecule has 2 aromatic rings. The molecule has 0 aliphatic heterocycles. The monoisotopic (exact) mass is 432 g/mol. The minimum Gasteiger partial charge on any atom is -0.504 e. The van der Waals surface area contributed by atoms with Gasteiger partial charge in [0.1, 0.15) is 0 Å². The van der Waals surface area contributed by atoms with Crippen LogP contribution in [0.4, 0.5) is 0 Å². The Balaban J connectivity index is 1.84. The Hall–Kier alpha value is -2.54. The smallest absolute Gasteiger partial charge is 0.215 e. The lowest BCUT2D eigenvalue weighted by atomic mass is 10.2. The summed E-state index contributed by atoms with van der Waals surface area (Å²) in [7, 11) is -7.58. The van der Waals surface area contributed by atoms with Gasteiger partial charge >= 0.3 is 0 Å². The van der Waals surface area contributed by atoms with E-state index in [9.17, 15) is 37.3 Å². The van der Waals surface area contributed by atoms with Gasteiger partial charge in [-0.2, -0.15) is 0 Å². The molecule has 10 nitrogen and oxygen atoms in total. The molecule has 0 atom stereocenters. The van der Waals surface area contributed by atoms with Gasteiger partial charge in [0.2, 0.25) is 20.0 Å². The van der Waals surface area contributed by atoms with Crippen LogP contribution in [0, 0.1) is 0 Å². The molecule has 0 aromatic heterocycles. The second-order valence-electron chi connectivity index (χ2n) is 5.95. The van der Waals surface area contributed by atoms with Gasteiger partial charge in [0, 0.05) is 13.1 Å². The number of hydrogen-bond acceptors (Lipinski definition) is 8. The zero-order valence-electron chi connectivity index (χ0n) is 14.5. The Morgan fingerprint density at radius 3 is 1.29 bits per heavy atom. The summed E-state index contributed by atoms with van der Waals surface area (Å²) in [6.07, 6.45) is 0. The van der Waals surface area contributed by atoms with Crippen molar-refractivity contribution in [3.8, 4) is 23.0 Å². The molecule has 2 rings (SSSR count). The summed E-state index contributed by atoms with van der Waals surface area (Å²) >= 11 is 0. The molecule has 0 aliphatic rings. The number of rotatable bonds is 9. The normalized spacial score (nSPS) is 12.1. The summed E-state index contributed by atoms with van der Waals surface area (Å²) in [4.78, 5) is 0. The maximum absolute atomic E-state index is 12.0. The van der Waals surface area contributed by atoms with E-state index in [4.69, 9.17) is 0 Å². The number of benzene rings is 2. The molecule has 0 fully saturated rings. The van der Waals surface area contributed by atoms with E-state index in [-0.39, 0.29) is 35.7 Å². The Kier molecular flexibility index (Phi) is 6.72. The van der Waals surface area contributed by atoms with Crippen LogP contribution in [0.25, 0.3) is 0 Å². The van der Waals surface area contributed by atoms with Gasteiger partial charge in [-0.1, -0.05) is 12.1 Å². The van der Waals surface area contributed by atoms with Crippen LogP contribution in [0.3, 0.4) is 0 Å². The number of nitrogens with one attached hydrogen (secondary N) is 2. The van der Waals surface area contributed by atoms with Gasteiger partial charge in [-0.25, -0.2) is 26.3 Å². The molecule has 0 saturated heterocycles. The first kappa shape index (κ1) is 21.8. The minimum atomic E-state index is -3.79. The molecule has 28 heavy (non-hydrogen) atoms. The van der Waals surface area contributed by atoms with Crippen molar-refractivity contribution >= 4 is 20.0 Å². The average Bonchev–Trinajstić information content (AvgIpc) is 2.58. The van der Waals surface area contributed by atoms with Crippen LogP contribution < -0.4 is 9.44 Å². The second kappa shape index (κ2) is 8.65. The summed E-state index contributed by atoms with van der Waals surface area (Å²) in [6, 6.07) is 7.23. The fourth-order valence-corrected chi connectivity index (χ4v) is 4.54. The van der Waals surface area contributed by atoms with Gasteiger partial charge in [-0.05, 0) is 35.4 Å². The first-order valence-corrected chi connectivity index (χ1v) is 11.2. The molecule has 0 heterocycles. The number of phenolic OH excluding ortho intramolecular Hbond substituents is 4. The van der Waals surface area contributed by atoms with Crippen molar-refractivity contribution in [2.24, 2.45) is 0 Å². The van der Waals surface area contributed by atoms with Crippen molar-refractivity contribution in [2.75, 3.05) is 13.1 Å². The van der Waals surface area contributed by atoms with E-state index in [0.29, 0.717) is 0 Å². The highest BCUT2D eigenvalue weighted by molar-refractivity contribution is 7.89. The number of hydrogen-bond donors (Lipinski definition) is 6. The fourth-order valence-electron chi connectivity index (χ4n) is 2.27. The molecule has 0 saturated carbocycles. The SMILES string of the molecule is O=S(=O)(Cc1ccc(O)c(O)c1)NCCNS(=O)(=O)Cc1ccc(O)c(O)c1. The quantitative estimate of drug-likeness (QED) is 0.238. The van der Waals surface area contributed by atoms with Crippen molar-refractivity contribution in [3.05, 3.63) is 47.5 Å². The predicted octanol–water partition coefficient (Wildman–Crippen LogP) is 0.0480. The standard InChI is InChI=1S/C16H20N2O8S2/c19-13-3-1-11(7-15(13)21)9-27(23,24)17-5-6-18-28(25,26)10-12-2-4-14(20)16(22)8-12/h1-4,7-8,17-22H,5-6,9-10H2. The summed E-state index contributed by atoms with van der Waals surface area (Å²) in [5, 5.41) is 37.2. The van der Waals surface area contributed by atoms with Crippen molar-refractivity contribution in [1.29, 1.82) is 0 Å². The highest BCUT2D eigenvalue weighted by atomic mass is 32.2. The van der Waals surface area contributed by atoms with E-state index in [1.54, 1.807) is 0 Å². The highest BCUT2D eigenvalue weighted by Crippen LogP contribution is 2.26. The summed E-state index contributed by atoms with van der Waals surface area (Å²) in [6.45, 7) is -0.404. The van der Waals surface area contributed by atoms with Crippen LogP contribution >= 0.6 is 0 Å². The zero-order chi connectivity index (χ0) is 20.9. The van der Waals surface area contributed by atoms with Crippen molar-refractivity contribution in [1.82, 2.24) is 9.44 Å². The van der Waals surface area contributed by atoms with Crippen molar-refractivity contribution in [2.45, 2.75) is 11.5 Å². The van der Waals surface area contributed by atoms with Crippen LogP contribution in [-0.2, 0) is 31.6 Å². The third-order valence-corrected chi connectivity index (χ3v) is 6.28. The van der Waals surface area contributed by atoms with Gasteiger partial charge in [0.05, 0.1) is 11.5 Å². The van der Waals surface area contributed by atoms with E-state index in [0.717, 1.165) is 24.3 Å². The van der Waals surface area contributed by atoms with Crippen LogP contribution in [0.5, 0.6) is 23.0 Å². The summed E-state index contributed by atoms with van der Waals surface area (Å²) in [5.74, 6) is -2.54. The largest absolute Gasteiger partial charge is 0.504 e. The molecule has 0 aliphatic carbocycles. The van der Waals surface area contributed by atoms with Gasteiger partial charge in [0.15, 0.2) is 23.0 Å². The van der Waals surface area contributed by atoms with E-state index in [1.165, 1.54) is 12.1 Å². The van der Waals surface area contributed by atoms with Crippen LogP contribution in [0.1, 0.15) is 11.1 Å². The molecule has 0 spiro atoms. The lowest BCUT2D eigenvalue weighted by Gasteiger charge is -2.10. The molecule has 0 radical (unpaired) electrons. The first-order valence-electron chi connectivity index (χ1n) is 7.94. The van der Waals surface area contributed by atoms with Gasteiger partial charge < -0.3 is 20.4 Å². The molecular weight excluding hydrogens is 412 g/mol. The lowest BCUT2D eigenvalue weighted by molar-refractivity contribution is 0.403. The third kappa shape index (κ3) is 6.56. The van der Waals surface area contributed by atoms with Crippen molar-refractivity contribution < 1.29 is 37.3 Å². The van der Waals surface area contributed by atoms with E-state index >= 15 is 0 Å². The van der Waals surface area contributed by atoms with Gasteiger partial charge in [-0.3, -0.25) is 0 Å². The molecule has 154 valence electrons. The number of aromatic hydroxyl groups is 4. The van der Waals surface area contributed by atoms with Crippen LogP contribution in [-0.4, -0.2) is 50.4 Å².